The highest BCUT2D eigenvalue weighted by Crippen LogP contribution is 2.62. The lowest BCUT2D eigenvalue weighted by atomic mass is 9.68. The van der Waals surface area contributed by atoms with E-state index in [4.69, 9.17) is 5.73 Å². The van der Waals surface area contributed by atoms with E-state index in [2.05, 4.69) is 36.3 Å². The maximum atomic E-state index is 12.6. The number of H-pyrrole nitrogens is 1. The molecule has 1 heterocycles. The van der Waals surface area contributed by atoms with E-state index in [1.165, 1.54) is 19.3 Å². The fraction of sp³-hybridized carbons (Fsp3) is 0.750. The summed E-state index contributed by atoms with van der Waals surface area (Å²) >= 11 is 0. The maximum absolute atomic E-state index is 12.6. The number of nitrogens with two attached hydrogens (primary N) is 1. The number of hydrogen-bond donors (Lipinski definition) is 3. The highest BCUT2D eigenvalue weighted by Gasteiger charge is 2.59. The Bertz CT molecular complexity index is 572. The van der Waals surface area contributed by atoms with E-state index in [9.17, 15) is 4.79 Å². The van der Waals surface area contributed by atoms with Crippen molar-refractivity contribution in [3.8, 4) is 0 Å². The van der Waals surface area contributed by atoms with Crippen molar-refractivity contribution in [3.05, 3.63) is 11.4 Å². The van der Waals surface area contributed by atoms with Crippen LogP contribution in [0.1, 0.15) is 63.1 Å². The molecule has 0 aliphatic heterocycles. The molecule has 1 aromatic heterocycles. The number of aromatic nitrogens is 2. The zero-order chi connectivity index (χ0) is 15.4. The number of hydrogen-bond acceptors (Lipinski definition) is 3. The van der Waals surface area contributed by atoms with Gasteiger partial charge >= 0.3 is 0 Å². The molecule has 3 unspecified atom stereocenters. The van der Waals surface area contributed by atoms with E-state index in [1.807, 2.05) is 6.92 Å². The van der Waals surface area contributed by atoms with Crippen LogP contribution in [0.5, 0.6) is 0 Å². The summed E-state index contributed by atoms with van der Waals surface area (Å²) in [6, 6.07) is 0.192. The standard InChI is InChI=1S/C16H26N4O/c1-5-10-11(17)12(20-19-10)13(21)18-14-15(2,3)9-6-7-16(14,4)8-9/h9,14H,5-8,17H2,1-4H3,(H,18,21)(H,19,20). The van der Waals surface area contributed by atoms with Gasteiger partial charge in [0, 0.05) is 6.04 Å². The molecule has 21 heavy (non-hydrogen) atoms. The van der Waals surface area contributed by atoms with E-state index in [0.717, 1.165) is 12.1 Å². The summed E-state index contributed by atoms with van der Waals surface area (Å²) < 4.78 is 0. The van der Waals surface area contributed by atoms with Gasteiger partial charge in [-0.1, -0.05) is 27.7 Å². The number of fused-ring (bicyclic) bond motifs is 2. The number of nitrogen functional groups attached to an aromatic ring is 1. The van der Waals surface area contributed by atoms with Crippen LogP contribution < -0.4 is 11.1 Å². The maximum Gasteiger partial charge on any atom is 0.274 e. The molecule has 4 N–H and O–H groups in total. The first-order valence-corrected chi connectivity index (χ1v) is 7.93. The predicted molar refractivity (Wildman–Crippen MR) is 82.9 cm³/mol. The van der Waals surface area contributed by atoms with Crippen LogP contribution >= 0.6 is 0 Å². The topological polar surface area (TPSA) is 83.8 Å². The number of rotatable bonds is 3. The van der Waals surface area contributed by atoms with Gasteiger partial charge in [0.05, 0.1) is 11.4 Å². The van der Waals surface area contributed by atoms with Crippen molar-refractivity contribution < 1.29 is 4.79 Å². The van der Waals surface area contributed by atoms with Crippen molar-refractivity contribution >= 4 is 11.6 Å². The molecule has 2 aliphatic rings. The number of amides is 1. The van der Waals surface area contributed by atoms with Gasteiger partial charge in [-0.25, -0.2) is 0 Å². The summed E-state index contributed by atoms with van der Waals surface area (Å²) in [5.41, 5.74) is 8.02. The van der Waals surface area contributed by atoms with Gasteiger partial charge in [-0.15, -0.1) is 0 Å². The Morgan fingerprint density at radius 3 is 2.71 bits per heavy atom. The molecule has 2 saturated carbocycles. The quantitative estimate of drug-likeness (QED) is 0.799. The normalized spacial score (nSPS) is 33.3. The minimum Gasteiger partial charge on any atom is -0.395 e. The molecule has 2 fully saturated rings. The number of anilines is 1. The highest BCUT2D eigenvalue weighted by atomic mass is 16.2. The Balaban J connectivity index is 1.83. The van der Waals surface area contributed by atoms with Crippen molar-refractivity contribution in [2.45, 2.75) is 59.4 Å². The Morgan fingerprint density at radius 1 is 1.48 bits per heavy atom. The summed E-state index contributed by atoms with van der Waals surface area (Å²) in [7, 11) is 0. The SMILES string of the molecule is CCc1[nH]nc(C(=O)NC2C3(C)CCC(C3)C2(C)C)c1N. The summed E-state index contributed by atoms with van der Waals surface area (Å²) in [6.07, 6.45) is 4.44. The lowest BCUT2D eigenvalue weighted by Gasteiger charge is -2.43. The van der Waals surface area contributed by atoms with Crippen molar-refractivity contribution in [1.29, 1.82) is 0 Å². The average molecular weight is 290 g/mol. The van der Waals surface area contributed by atoms with E-state index < -0.39 is 0 Å². The number of carbonyl (C=O) groups excluding carboxylic acids is 1. The van der Waals surface area contributed by atoms with Gasteiger partial charge < -0.3 is 11.1 Å². The van der Waals surface area contributed by atoms with Crippen LogP contribution in [0.15, 0.2) is 0 Å². The number of nitrogens with zero attached hydrogens (tertiary/aromatic N) is 1. The second-order valence-electron chi connectivity index (χ2n) is 7.64. The van der Waals surface area contributed by atoms with E-state index in [0.29, 0.717) is 17.3 Å². The van der Waals surface area contributed by atoms with Gasteiger partial charge in [-0.05, 0) is 42.4 Å². The third-order valence-electron chi connectivity index (χ3n) is 6.00. The van der Waals surface area contributed by atoms with E-state index in [-0.39, 0.29) is 22.8 Å². The van der Waals surface area contributed by atoms with Crippen LogP contribution in [0.3, 0.4) is 0 Å². The first kappa shape index (κ1) is 14.4. The van der Waals surface area contributed by atoms with E-state index in [1.54, 1.807) is 0 Å². The molecule has 3 rings (SSSR count). The van der Waals surface area contributed by atoms with Crippen LogP contribution in [0.25, 0.3) is 0 Å². The molecule has 1 amide bonds. The van der Waals surface area contributed by atoms with Crippen molar-refractivity contribution in [3.63, 3.8) is 0 Å². The fourth-order valence-corrected chi connectivity index (χ4v) is 4.69. The second-order valence-corrected chi connectivity index (χ2v) is 7.64. The molecule has 116 valence electrons. The molecule has 1 aromatic rings. The molecule has 0 spiro atoms. The Morgan fingerprint density at radius 2 is 2.19 bits per heavy atom. The van der Waals surface area contributed by atoms with Crippen molar-refractivity contribution in [2.24, 2.45) is 16.7 Å². The predicted octanol–water partition coefficient (Wildman–Crippen LogP) is 2.50. The molecule has 0 aromatic carbocycles. The smallest absolute Gasteiger partial charge is 0.274 e. The number of carbonyl (C=O) groups is 1. The molecule has 0 saturated heterocycles. The minimum atomic E-state index is -0.143. The van der Waals surface area contributed by atoms with Crippen LogP contribution in [0.2, 0.25) is 0 Å². The van der Waals surface area contributed by atoms with Crippen LogP contribution in [-0.4, -0.2) is 22.1 Å². The largest absolute Gasteiger partial charge is 0.395 e. The van der Waals surface area contributed by atoms with Gasteiger partial charge in [0.2, 0.25) is 0 Å². The molecule has 3 atom stereocenters. The third-order valence-corrected chi connectivity index (χ3v) is 6.00. The summed E-state index contributed by atoms with van der Waals surface area (Å²) in [5.74, 6) is 0.561. The van der Waals surface area contributed by atoms with Crippen LogP contribution in [0, 0.1) is 16.7 Å². The third kappa shape index (κ3) is 1.97. The Labute approximate surface area is 126 Å². The number of aryl methyl sites for hydroxylation is 1. The zero-order valence-corrected chi connectivity index (χ0v) is 13.4. The van der Waals surface area contributed by atoms with Gasteiger partial charge in [-0.3, -0.25) is 9.89 Å². The molecule has 0 radical (unpaired) electrons. The molecule has 2 bridgehead atoms. The first-order valence-electron chi connectivity index (χ1n) is 7.93. The first-order chi connectivity index (χ1) is 9.79. The molecular weight excluding hydrogens is 264 g/mol. The minimum absolute atomic E-state index is 0.140. The molecular formula is C16H26N4O. The second kappa shape index (κ2) is 4.49. The Kier molecular flexibility index (Phi) is 3.08. The van der Waals surface area contributed by atoms with Gasteiger partial charge in [0.15, 0.2) is 5.69 Å². The van der Waals surface area contributed by atoms with Gasteiger partial charge in [0.1, 0.15) is 0 Å². The summed E-state index contributed by atoms with van der Waals surface area (Å²) in [5, 5.41) is 10.2. The average Bonchev–Trinajstić information content (AvgIpc) is 3.03. The Hall–Kier alpha value is -1.52. The van der Waals surface area contributed by atoms with Crippen molar-refractivity contribution in [2.75, 3.05) is 5.73 Å². The fourth-order valence-electron chi connectivity index (χ4n) is 4.69. The number of nitrogens with one attached hydrogen (secondary N) is 2. The summed E-state index contributed by atoms with van der Waals surface area (Å²) in [6.45, 7) is 8.85. The lowest BCUT2D eigenvalue weighted by Crippen LogP contribution is -2.52. The monoisotopic (exact) mass is 290 g/mol. The summed E-state index contributed by atoms with van der Waals surface area (Å²) in [4.78, 5) is 12.6. The van der Waals surface area contributed by atoms with Crippen molar-refractivity contribution in [1.82, 2.24) is 15.5 Å². The van der Waals surface area contributed by atoms with Gasteiger partial charge in [-0.2, -0.15) is 5.10 Å². The zero-order valence-electron chi connectivity index (χ0n) is 13.4. The van der Waals surface area contributed by atoms with E-state index >= 15 is 0 Å². The van der Waals surface area contributed by atoms with Crippen LogP contribution in [0.4, 0.5) is 5.69 Å². The molecule has 5 nitrogen and oxygen atoms in total. The lowest BCUT2D eigenvalue weighted by molar-refractivity contribution is 0.0734. The van der Waals surface area contributed by atoms with Crippen LogP contribution in [-0.2, 0) is 6.42 Å². The van der Waals surface area contributed by atoms with Gasteiger partial charge in [0.25, 0.3) is 5.91 Å². The highest BCUT2D eigenvalue weighted by molar-refractivity contribution is 5.97. The molecule has 5 heteroatoms. The number of aromatic amines is 1. The molecule has 2 aliphatic carbocycles.